The maximum absolute atomic E-state index is 15.3. The topological polar surface area (TPSA) is 279 Å². The van der Waals surface area contributed by atoms with Crippen LogP contribution in [0.5, 0.6) is 0 Å². The van der Waals surface area contributed by atoms with Gasteiger partial charge in [-0.05, 0) is 134 Å². The van der Waals surface area contributed by atoms with Gasteiger partial charge < -0.3 is 60.5 Å². The number of halogens is 4. The lowest BCUT2D eigenvalue weighted by Crippen LogP contribution is -2.64. The van der Waals surface area contributed by atoms with Crippen LogP contribution in [0.15, 0.2) is 48.5 Å². The molecule has 2 aromatic rings. The van der Waals surface area contributed by atoms with Crippen molar-refractivity contribution in [2.45, 2.75) is 206 Å². The minimum Gasteiger partial charge on any atom is -0.342 e. The summed E-state index contributed by atoms with van der Waals surface area (Å²) in [4.78, 5) is 187. The van der Waals surface area contributed by atoms with E-state index < -0.39 is 169 Å². The number of benzene rings is 2. The summed E-state index contributed by atoms with van der Waals surface area (Å²) in [6.45, 7) is 12.6. The Kier molecular flexibility index (Phi) is 31.2. The number of carbonyl (C=O) groups excluding carboxylic acids is 12. The number of hydrogen-bond acceptors (Lipinski definition) is 12. The molecule has 3 aliphatic rings. The van der Waals surface area contributed by atoms with E-state index in [1.165, 1.54) is 73.0 Å². The maximum atomic E-state index is 15.3. The van der Waals surface area contributed by atoms with Crippen molar-refractivity contribution in [3.63, 3.8) is 0 Å². The summed E-state index contributed by atoms with van der Waals surface area (Å²) < 4.78 is 42.6. The van der Waals surface area contributed by atoms with Crippen LogP contribution in [-0.2, 0) is 76.6 Å². The fraction of sp³-hybridized carbons (Fsp3) is 0.667. The zero-order chi connectivity index (χ0) is 74.8. The number of alkyl halides is 3. The quantitative estimate of drug-likeness (QED) is 0.177. The van der Waals surface area contributed by atoms with Crippen LogP contribution in [0.4, 0.5) is 13.2 Å². The van der Waals surface area contributed by atoms with Crippen molar-refractivity contribution >= 4 is 93.5 Å². The highest BCUT2D eigenvalue weighted by Crippen LogP contribution is 2.32. The molecular formula is C72H108F3IN12O12. The van der Waals surface area contributed by atoms with Gasteiger partial charge in [-0.3, -0.25) is 57.5 Å². The third kappa shape index (κ3) is 23.3. The average molecular weight is 1520 g/mol. The van der Waals surface area contributed by atoms with Crippen molar-refractivity contribution in [3.05, 3.63) is 68.8 Å². The molecular weight excluding hydrogens is 1410 g/mol. The molecule has 0 spiro atoms. The van der Waals surface area contributed by atoms with Crippen molar-refractivity contribution < 1.29 is 70.7 Å². The lowest BCUT2D eigenvalue weighted by molar-refractivity contribution is -0.152. The van der Waals surface area contributed by atoms with Gasteiger partial charge in [0, 0.05) is 78.8 Å². The highest BCUT2D eigenvalue weighted by Gasteiger charge is 2.45. The van der Waals surface area contributed by atoms with Gasteiger partial charge in [-0.2, -0.15) is 13.2 Å². The summed E-state index contributed by atoms with van der Waals surface area (Å²) in [5.74, 6) is -9.74. The lowest BCUT2D eigenvalue weighted by Gasteiger charge is -2.39. The van der Waals surface area contributed by atoms with E-state index in [4.69, 9.17) is 0 Å². The van der Waals surface area contributed by atoms with E-state index in [1.807, 2.05) is 20.8 Å². The minimum atomic E-state index is -4.72. The summed E-state index contributed by atoms with van der Waals surface area (Å²) in [6.07, 6.45) is 1.27. The van der Waals surface area contributed by atoms with E-state index in [9.17, 15) is 51.5 Å². The van der Waals surface area contributed by atoms with Crippen LogP contribution in [-0.4, -0.2) is 240 Å². The molecule has 8 atom stereocenters. The van der Waals surface area contributed by atoms with E-state index in [0.717, 1.165) is 90.9 Å². The molecule has 28 heteroatoms. The molecule has 1 aliphatic carbocycles. The number of piperidine rings is 1. The molecule has 4 N–H and O–H groups in total. The molecule has 2 aromatic carbocycles. The fourth-order valence-corrected chi connectivity index (χ4v) is 13.5. The summed E-state index contributed by atoms with van der Waals surface area (Å²) in [5.41, 5.74) is -2.14. The summed E-state index contributed by atoms with van der Waals surface area (Å²) in [5, 5.41) is 11.2. The minimum absolute atomic E-state index is 0.00419. The van der Waals surface area contributed by atoms with Gasteiger partial charge in [0.1, 0.15) is 47.8 Å². The van der Waals surface area contributed by atoms with Crippen molar-refractivity contribution in [1.82, 2.24) is 60.5 Å². The smallest absolute Gasteiger partial charge is 0.342 e. The van der Waals surface area contributed by atoms with Crippen molar-refractivity contribution in [3.8, 4) is 0 Å². The molecule has 1 saturated carbocycles. The molecule has 0 radical (unpaired) electrons. The molecule has 1 unspecified atom stereocenters. The Hall–Kier alpha value is -7.40. The Labute approximate surface area is 601 Å². The normalized spacial score (nSPS) is 24.5. The average Bonchev–Trinajstić information content (AvgIpc) is 0.808. The number of likely N-dealkylation sites (tertiary alicyclic amines) is 1. The van der Waals surface area contributed by atoms with E-state index in [0.29, 0.717) is 37.9 Å². The van der Waals surface area contributed by atoms with Crippen LogP contribution in [0.2, 0.25) is 0 Å². The molecule has 100 heavy (non-hydrogen) atoms. The molecule has 556 valence electrons. The van der Waals surface area contributed by atoms with Crippen molar-refractivity contribution in [1.29, 1.82) is 0 Å². The van der Waals surface area contributed by atoms with Crippen LogP contribution in [0.1, 0.15) is 156 Å². The van der Waals surface area contributed by atoms with Gasteiger partial charge in [-0.15, -0.1) is 0 Å². The third-order valence-corrected chi connectivity index (χ3v) is 20.5. The molecule has 0 bridgehead atoms. The number of amides is 12. The first-order valence-corrected chi connectivity index (χ1v) is 36.0. The Morgan fingerprint density at radius 2 is 1.15 bits per heavy atom. The SMILES string of the molecule is CC[C@H](C)[C@@H]1NC(=O)[C@H](CC(C)C)N(C)C(=O)CC(C(=O)N2CCCCC2)N(C)C(=O)[C@H](CC(C)C)NC(=O)C(C)(C)N(C)C(=O)[C@H](Cc2ccc(C(F)(F)F)cc2)NC(=O)[C@H](Cc2cccc(I)c2)NC(=O)CN(C)C(=O)[C@H](CC2CCCCC2)N(C)C(=O)CN(C)C(=O)CN(C)C1=O. The fourth-order valence-electron chi connectivity index (χ4n) is 12.9. The second kappa shape index (κ2) is 37.5. The van der Waals surface area contributed by atoms with Crippen LogP contribution < -0.4 is 21.3 Å². The Morgan fingerprint density at radius 1 is 0.580 bits per heavy atom. The van der Waals surface area contributed by atoms with Crippen LogP contribution in [0, 0.1) is 27.2 Å². The molecule has 12 amide bonds. The van der Waals surface area contributed by atoms with Gasteiger partial charge in [0.15, 0.2) is 0 Å². The van der Waals surface area contributed by atoms with E-state index in [2.05, 4.69) is 43.9 Å². The number of hydrogen-bond donors (Lipinski definition) is 4. The zero-order valence-corrected chi connectivity index (χ0v) is 63.3. The molecule has 2 aliphatic heterocycles. The maximum Gasteiger partial charge on any atom is 0.416 e. The third-order valence-electron chi connectivity index (χ3n) is 19.9. The summed E-state index contributed by atoms with van der Waals surface area (Å²) in [7, 11) is 9.61. The summed E-state index contributed by atoms with van der Waals surface area (Å²) >= 11 is 2.08. The number of nitrogens with zero attached hydrogens (tertiary/aromatic N) is 8. The molecule has 0 aromatic heterocycles. The Balaban J connectivity index is 1.65. The molecule has 2 heterocycles. The second-order valence-corrected chi connectivity index (χ2v) is 30.2. The predicted octanol–water partition coefficient (Wildman–Crippen LogP) is 5.65. The monoisotopic (exact) mass is 1520 g/mol. The van der Waals surface area contributed by atoms with Crippen LogP contribution >= 0.6 is 22.6 Å². The van der Waals surface area contributed by atoms with Crippen LogP contribution in [0.25, 0.3) is 0 Å². The first kappa shape index (κ1) is 83.3. The Morgan fingerprint density at radius 3 is 1.73 bits per heavy atom. The number of rotatable bonds is 13. The van der Waals surface area contributed by atoms with Gasteiger partial charge in [0.05, 0.1) is 31.6 Å². The number of nitrogens with one attached hydrogen (secondary N) is 4. The van der Waals surface area contributed by atoms with Gasteiger partial charge >= 0.3 is 6.18 Å². The summed E-state index contributed by atoms with van der Waals surface area (Å²) in [6, 6.07) is 1.42. The molecule has 2 saturated heterocycles. The number of likely N-dealkylation sites (N-methyl/N-ethyl adjacent to an activating group) is 7. The van der Waals surface area contributed by atoms with E-state index >= 15 is 19.2 Å². The first-order chi connectivity index (χ1) is 46.8. The van der Waals surface area contributed by atoms with Gasteiger partial charge in [-0.25, -0.2) is 0 Å². The Bertz CT molecular complexity index is 3210. The second-order valence-electron chi connectivity index (χ2n) is 29.0. The molecule has 3 fully saturated rings. The first-order valence-electron chi connectivity index (χ1n) is 35.0. The van der Waals surface area contributed by atoms with Gasteiger partial charge in [0.2, 0.25) is 70.9 Å². The zero-order valence-electron chi connectivity index (χ0n) is 61.1. The van der Waals surface area contributed by atoms with Crippen molar-refractivity contribution in [2.75, 3.05) is 82.1 Å². The van der Waals surface area contributed by atoms with E-state index in [-0.39, 0.29) is 49.0 Å². The predicted molar refractivity (Wildman–Crippen MR) is 380 cm³/mol. The highest BCUT2D eigenvalue weighted by molar-refractivity contribution is 14.1. The van der Waals surface area contributed by atoms with E-state index in [1.54, 1.807) is 49.9 Å². The van der Waals surface area contributed by atoms with Crippen molar-refractivity contribution in [2.24, 2.45) is 23.7 Å². The number of carbonyl (C=O) groups is 12. The highest BCUT2D eigenvalue weighted by atomic mass is 127. The standard InChI is InChI=1S/C72H108F3IN12O12/c1-16-46(6)62-69(99)83(11)42-60(91)81(9)43-61(92)85(13)56(39-47-24-19-17-20-25-47)67(97)82(10)41-58(89)77-52(38-49-26-23-27-51(76)36-49)63(93)78-54(37-48-28-30-50(31-29-48)72(73,74)75)66(96)87(15)71(7,8)70(100)79-53(34-44(2)3)65(95)86(14)57(68(98)88-32-21-18-22-33-88)40-59(90)84(12)55(35-45(4)5)64(94)80-62/h23,26-31,36,44-47,52-57,62H,16-22,24-25,32-35,37-43H2,1-15H3,(H,77,89)(H,78,93)(H,79,100)(H,80,94)/t46-,52-,53-,54-,55-,56-,57?,62-/m0/s1. The van der Waals surface area contributed by atoms with Gasteiger partial charge in [0.25, 0.3) is 0 Å². The van der Waals surface area contributed by atoms with Crippen LogP contribution in [0.3, 0.4) is 0 Å². The largest absolute Gasteiger partial charge is 0.416 e. The molecule has 5 rings (SSSR count). The lowest BCUT2D eigenvalue weighted by atomic mass is 9.84. The van der Waals surface area contributed by atoms with Gasteiger partial charge in [-0.1, -0.05) is 104 Å². The molecule has 24 nitrogen and oxygen atoms in total.